The van der Waals surface area contributed by atoms with E-state index in [1.54, 1.807) is 6.92 Å². The number of nitrogens with one attached hydrogen (secondary N) is 1. The van der Waals surface area contributed by atoms with E-state index in [4.69, 9.17) is 15.2 Å². The lowest BCUT2D eigenvalue weighted by Gasteiger charge is -2.21. The predicted octanol–water partition coefficient (Wildman–Crippen LogP) is 0.656. The molecule has 0 aromatic heterocycles. The van der Waals surface area contributed by atoms with Gasteiger partial charge in [0.05, 0.1) is 12.6 Å². The molecule has 3 N–H and O–H groups in total. The first-order valence-electron chi connectivity index (χ1n) is 5.63. The molecular weight excluding hydrogens is 239 g/mol. The van der Waals surface area contributed by atoms with Gasteiger partial charge in [0.2, 0.25) is 5.91 Å². The van der Waals surface area contributed by atoms with Gasteiger partial charge in [-0.25, -0.2) is 4.39 Å². The Bertz CT molecular complexity index is 463. The molecule has 0 unspecified atom stereocenters. The monoisotopic (exact) mass is 254 g/mol. The number of halogens is 1. The van der Waals surface area contributed by atoms with Gasteiger partial charge in [0.25, 0.3) is 0 Å². The summed E-state index contributed by atoms with van der Waals surface area (Å²) < 4.78 is 23.8. The summed E-state index contributed by atoms with van der Waals surface area (Å²) in [6.45, 7) is 2.20. The summed E-state index contributed by atoms with van der Waals surface area (Å²) >= 11 is 0. The molecule has 98 valence electrons. The first kappa shape index (κ1) is 12.8. The second-order valence-corrected chi connectivity index (χ2v) is 4.17. The van der Waals surface area contributed by atoms with Crippen LogP contribution in [0.3, 0.4) is 0 Å². The SMILES string of the molecule is C[C@@H](N)C(=O)NCc1cc(F)cc2c1OCOC2. The third kappa shape index (κ3) is 2.77. The highest BCUT2D eigenvalue weighted by atomic mass is 19.1. The van der Waals surface area contributed by atoms with Crippen molar-refractivity contribution in [2.45, 2.75) is 26.1 Å². The first-order valence-corrected chi connectivity index (χ1v) is 5.63. The number of fused-ring (bicyclic) bond motifs is 1. The molecule has 0 bridgehead atoms. The minimum Gasteiger partial charge on any atom is -0.467 e. The van der Waals surface area contributed by atoms with Crippen LogP contribution >= 0.6 is 0 Å². The zero-order valence-electron chi connectivity index (χ0n) is 10.0. The number of hydrogen-bond donors (Lipinski definition) is 2. The number of nitrogens with two attached hydrogens (primary N) is 1. The Morgan fingerprint density at radius 2 is 2.39 bits per heavy atom. The molecule has 0 aliphatic carbocycles. The van der Waals surface area contributed by atoms with Crippen LogP contribution in [0.2, 0.25) is 0 Å². The summed E-state index contributed by atoms with van der Waals surface area (Å²) in [5.41, 5.74) is 6.66. The molecule has 1 aromatic rings. The molecule has 0 fully saturated rings. The maximum atomic E-state index is 13.4. The van der Waals surface area contributed by atoms with Crippen LogP contribution in [0.15, 0.2) is 12.1 Å². The van der Waals surface area contributed by atoms with E-state index in [2.05, 4.69) is 5.32 Å². The summed E-state index contributed by atoms with van der Waals surface area (Å²) in [5.74, 6) is -0.0967. The quantitative estimate of drug-likeness (QED) is 0.831. The second-order valence-electron chi connectivity index (χ2n) is 4.17. The van der Waals surface area contributed by atoms with Crippen LogP contribution in [0.4, 0.5) is 4.39 Å². The number of rotatable bonds is 3. The van der Waals surface area contributed by atoms with Crippen molar-refractivity contribution in [1.29, 1.82) is 0 Å². The van der Waals surface area contributed by atoms with E-state index in [1.165, 1.54) is 12.1 Å². The highest BCUT2D eigenvalue weighted by Crippen LogP contribution is 2.29. The number of carbonyl (C=O) groups excluding carboxylic acids is 1. The van der Waals surface area contributed by atoms with Gasteiger partial charge in [-0.15, -0.1) is 0 Å². The molecule has 1 aliphatic heterocycles. The van der Waals surface area contributed by atoms with Gasteiger partial charge >= 0.3 is 0 Å². The molecule has 0 saturated carbocycles. The van der Waals surface area contributed by atoms with E-state index in [9.17, 15) is 9.18 Å². The van der Waals surface area contributed by atoms with Gasteiger partial charge in [-0.05, 0) is 19.1 Å². The third-order valence-corrected chi connectivity index (χ3v) is 2.62. The van der Waals surface area contributed by atoms with Gasteiger partial charge < -0.3 is 20.5 Å². The fraction of sp³-hybridized carbons (Fsp3) is 0.417. The maximum absolute atomic E-state index is 13.4. The predicted molar refractivity (Wildman–Crippen MR) is 62.2 cm³/mol. The molecule has 1 aliphatic rings. The fourth-order valence-electron chi connectivity index (χ4n) is 1.73. The van der Waals surface area contributed by atoms with Crippen LogP contribution < -0.4 is 15.8 Å². The Labute approximate surface area is 104 Å². The number of carbonyl (C=O) groups is 1. The number of hydrogen-bond acceptors (Lipinski definition) is 4. The average Bonchev–Trinajstić information content (AvgIpc) is 2.35. The van der Waals surface area contributed by atoms with Crippen molar-refractivity contribution in [3.8, 4) is 5.75 Å². The molecule has 2 rings (SSSR count). The van der Waals surface area contributed by atoms with E-state index >= 15 is 0 Å². The molecule has 0 radical (unpaired) electrons. The molecule has 0 spiro atoms. The van der Waals surface area contributed by atoms with Crippen molar-refractivity contribution in [2.75, 3.05) is 6.79 Å². The molecule has 6 heteroatoms. The smallest absolute Gasteiger partial charge is 0.236 e. The molecule has 18 heavy (non-hydrogen) atoms. The lowest BCUT2D eigenvalue weighted by Crippen LogP contribution is -2.38. The Hall–Kier alpha value is -1.66. The van der Waals surface area contributed by atoms with Gasteiger partial charge in [-0.2, -0.15) is 0 Å². The summed E-state index contributed by atoms with van der Waals surface area (Å²) in [6.07, 6.45) is 0. The first-order chi connectivity index (χ1) is 8.58. The Kier molecular flexibility index (Phi) is 3.78. The largest absolute Gasteiger partial charge is 0.467 e. The van der Waals surface area contributed by atoms with Gasteiger partial charge in [0.15, 0.2) is 6.79 Å². The van der Waals surface area contributed by atoms with Gasteiger partial charge in [0.1, 0.15) is 11.6 Å². The van der Waals surface area contributed by atoms with E-state index in [1.807, 2.05) is 0 Å². The fourth-order valence-corrected chi connectivity index (χ4v) is 1.73. The highest BCUT2D eigenvalue weighted by molar-refractivity contribution is 5.81. The van der Waals surface area contributed by atoms with Crippen LogP contribution in [0, 0.1) is 5.82 Å². The topological polar surface area (TPSA) is 73.6 Å². The van der Waals surface area contributed by atoms with E-state index < -0.39 is 6.04 Å². The lowest BCUT2D eigenvalue weighted by molar-refractivity contribution is -0.122. The molecule has 1 atom stereocenters. The van der Waals surface area contributed by atoms with Gasteiger partial charge in [-0.3, -0.25) is 4.79 Å². The Morgan fingerprint density at radius 3 is 3.11 bits per heavy atom. The molecule has 1 amide bonds. The van der Waals surface area contributed by atoms with Crippen molar-refractivity contribution >= 4 is 5.91 Å². The lowest BCUT2D eigenvalue weighted by atomic mass is 10.1. The normalized spacial score (nSPS) is 15.5. The summed E-state index contributed by atoms with van der Waals surface area (Å²) in [5, 5.41) is 2.62. The number of amides is 1. The molecule has 5 nitrogen and oxygen atoms in total. The van der Waals surface area contributed by atoms with Crippen molar-refractivity contribution < 1.29 is 18.7 Å². The van der Waals surface area contributed by atoms with Crippen molar-refractivity contribution in [2.24, 2.45) is 5.73 Å². The minimum absolute atomic E-state index is 0.132. The maximum Gasteiger partial charge on any atom is 0.236 e. The van der Waals surface area contributed by atoms with E-state index in [0.29, 0.717) is 23.5 Å². The van der Waals surface area contributed by atoms with E-state index in [0.717, 1.165) is 0 Å². The molecule has 0 saturated heterocycles. The minimum atomic E-state index is -0.598. The molecule has 1 aromatic carbocycles. The third-order valence-electron chi connectivity index (χ3n) is 2.62. The summed E-state index contributed by atoms with van der Waals surface area (Å²) in [4.78, 5) is 11.4. The Balaban J connectivity index is 2.17. The zero-order chi connectivity index (χ0) is 13.1. The van der Waals surface area contributed by atoms with Crippen LogP contribution in [0.1, 0.15) is 18.1 Å². The van der Waals surface area contributed by atoms with Crippen LogP contribution in [-0.4, -0.2) is 18.7 Å². The highest BCUT2D eigenvalue weighted by Gasteiger charge is 2.17. The van der Waals surface area contributed by atoms with E-state index in [-0.39, 0.29) is 25.1 Å². The Morgan fingerprint density at radius 1 is 1.61 bits per heavy atom. The van der Waals surface area contributed by atoms with Gasteiger partial charge in [-0.1, -0.05) is 0 Å². The van der Waals surface area contributed by atoms with Crippen LogP contribution in [0.25, 0.3) is 0 Å². The van der Waals surface area contributed by atoms with Crippen LogP contribution in [0.5, 0.6) is 5.75 Å². The van der Waals surface area contributed by atoms with Crippen molar-refractivity contribution in [1.82, 2.24) is 5.32 Å². The van der Waals surface area contributed by atoms with Gasteiger partial charge in [0, 0.05) is 17.7 Å². The van der Waals surface area contributed by atoms with Crippen molar-refractivity contribution in [3.05, 3.63) is 29.1 Å². The molecular formula is C12H15FN2O3. The summed E-state index contributed by atoms with van der Waals surface area (Å²) in [7, 11) is 0. The summed E-state index contributed by atoms with van der Waals surface area (Å²) in [6, 6.07) is 2.11. The van der Waals surface area contributed by atoms with Crippen molar-refractivity contribution in [3.63, 3.8) is 0 Å². The zero-order valence-corrected chi connectivity index (χ0v) is 10.0. The standard InChI is InChI=1S/C12H15FN2O3/c1-7(14)12(16)15-4-8-2-10(13)3-9-5-17-6-18-11(8)9/h2-3,7H,4-6,14H2,1H3,(H,15,16)/t7-/m1/s1. The average molecular weight is 254 g/mol. The second kappa shape index (κ2) is 5.32. The number of ether oxygens (including phenoxy) is 2. The molecule has 1 heterocycles. The van der Waals surface area contributed by atoms with Crippen LogP contribution in [-0.2, 0) is 22.7 Å². The number of benzene rings is 1.